The first-order valence-corrected chi connectivity index (χ1v) is 4.75. The van der Waals surface area contributed by atoms with E-state index >= 15 is 0 Å². The molecule has 0 N–H and O–H groups in total. The molecule has 2 aromatic carbocycles. The number of thiol groups is 1. The summed E-state index contributed by atoms with van der Waals surface area (Å²) in [5, 5.41) is 0. The number of hydrogen-bond donors (Lipinski definition) is 1. The summed E-state index contributed by atoms with van der Waals surface area (Å²) in [5.41, 5.74) is 1.89. The highest BCUT2D eigenvalue weighted by molar-refractivity contribution is 7.80. The number of hydrogen-bond acceptors (Lipinski definition) is 1. The van der Waals surface area contributed by atoms with Crippen LogP contribution in [0, 0.1) is 5.82 Å². The minimum atomic E-state index is -0.211. The van der Waals surface area contributed by atoms with E-state index in [9.17, 15) is 4.39 Å². The molecular weight excluding hydrogens is 195 g/mol. The molecule has 0 fully saturated rings. The molecule has 0 atom stereocenters. The largest absolute Gasteiger partial charge is 0.207 e. The van der Waals surface area contributed by atoms with E-state index in [-0.39, 0.29) is 5.82 Å². The highest BCUT2D eigenvalue weighted by atomic mass is 32.1. The van der Waals surface area contributed by atoms with E-state index in [0.29, 0.717) is 0 Å². The van der Waals surface area contributed by atoms with Gasteiger partial charge >= 0.3 is 0 Å². The lowest BCUT2D eigenvalue weighted by Gasteiger charge is -2.01. The Morgan fingerprint density at radius 1 is 0.857 bits per heavy atom. The van der Waals surface area contributed by atoms with Crippen LogP contribution < -0.4 is 0 Å². The van der Waals surface area contributed by atoms with Gasteiger partial charge in [-0.25, -0.2) is 4.39 Å². The van der Waals surface area contributed by atoms with E-state index in [1.807, 2.05) is 30.3 Å². The molecule has 2 rings (SSSR count). The molecule has 0 spiro atoms. The third-order valence-corrected chi connectivity index (χ3v) is 2.32. The zero-order chi connectivity index (χ0) is 9.97. The first-order chi connectivity index (χ1) is 6.75. The predicted octanol–water partition coefficient (Wildman–Crippen LogP) is 3.78. The molecule has 0 aromatic heterocycles. The van der Waals surface area contributed by atoms with E-state index < -0.39 is 0 Å². The van der Waals surface area contributed by atoms with Gasteiger partial charge in [0.25, 0.3) is 0 Å². The van der Waals surface area contributed by atoms with Gasteiger partial charge in [0.05, 0.1) is 0 Å². The lowest BCUT2D eigenvalue weighted by Crippen LogP contribution is -1.79. The van der Waals surface area contributed by atoms with Crippen molar-refractivity contribution in [3.05, 3.63) is 54.3 Å². The summed E-state index contributed by atoms with van der Waals surface area (Å²) in [6, 6.07) is 14.2. The molecule has 0 radical (unpaired) electrons. The van der Waals surface area contributed by atoms with E-state index in [2.05, 4.69) is 12.6 Å². The highest BCUT2D eigenvalue weighted by Gasteiger charge is 1.97. The third-order valence-electron chi connectivity index (χ3n) is 2.03. The first-order valence-electron chi connectivity index (χ1n) is 4.31. The van der Waals surface area contributed by atoms with Crippen molar-refractivity contribution in [1.82, 2.24) is 0 Å². The number of halogens is 1. The molecule has 70 valence electrons. The van der Waals surface area contributed by atoms with Crippen molar-refractivity contribution >= 4 is 12.6 Å². The monoisotopic (exact) mass is 204 g/mol. The van der Waals surface area contributed by atoms with Crippen LogP contribution in [-0.4, -0.2) is 0 Å². The van der Waals surface area contributed by atoms with Crippen LogP contribution in [0.25, 0.3) is 11.1 Å². The Balaban J connectivity index is 2.44. The normalized spacial score (nSPS) is 10.1. The lowest BCUT2D eigenvalue weighted by molar-refractivity contribution is 0.628. The predicted molar refractivity (Wildman–Crippen MR) is 59.1 cm³/mol. The quantitative estimate of drug-likeness (QED) is 0.671. The first kappa shape index (κ1) is 9.28. The van der Waals surface area contributed by atoms with Crippen molar-refractivity contribution < 1.29 is 4.39 Å². The Hall–Kier alpha value is -1.28. The zero-order valence-corrected chi connectivity index (χ0v) is 8.34. The minimum absolute atomic E-state index is 0.211. The van der Waals surface area contributed by atoms with Gasteiger partial charge in [0.1, 0.15) is 5.82 Å². The second kappa shape index (κ2) is 3.84. The molecule has 0 saturated carbocycles. The Kier molecular flexibility index (Phi) is 2.55. The van der Waals surface area contributed by atoms with E-state index in [1.54, 1.807) is 6.07 Å². The van der Waals surface area contributed by atoms with Crippen LogP contribution in [0.2, 0.25) is 0 Å². The fraction of sp³-hybridized carbons (Fsp3) is 0. The maximum atomic E-state index is 12.9. The maximum Gasteiger partial charge on any atom is 0.123 e. The topological polar surface area (TPSA) is 0 Å². The van der Waals surface area contributed by atoms with E-state index in [0.717, 1.165) is 16.0 Å². The molecule has 0 bridgehead atoms. The van der Waals surface area contributed by atoms with Gasteiger partial charge in [-0.1, -0.05) is 24.3 Å². The molecule has 0 saturated heterocycles. The molecule has 0 amide bonds. The minimum Gasteiger partial charge on any atom is -0.207 e. The summed E-state index contributed by atoms with van der Waals surface area (Å²) in [4.78, 5) is 0.908. The smallest absolute Gasteiger partial charge is 0.123 e. The maximum absolute atomic E-state index is 12.9. The van der Waals surface area contributed by atoms with Gasteiger partial charge in [0.2, 0.25) is 0 Å². The molecule has 0 aliphatic rings. The highest BCUT2D eigenvalue weighted by Crippen LogP contribution is 2.21. The van der Waals surface area contributed by atoms with E-state index in [1.165, 1.54) is 12.1 Å². The summed E-state index contributed by atoms with van der Waals surface area (Å²) in [5.74, 6) is -0.211. The van der Waals surface area contributed by atoms with Crippen LogP contribution in [0.15, 0.2) is 53.4 Å². The van der Waals surface area contributed by atoms with Crippen LogP contribution in [0.4, 0.5) is 4.39 Å². The van der Waals surface area contributed by atoms with Gasteiger partial charge < -0.3 is 0 Å². The van der Waals surface area contributed by atoms with Crippen molar-refractivity contribution in [3.8, 4) is 11.1 Å². The van der Waals surface area contributed by atoms with Crippen LogP contribution in [-0.2, 0) is 0 Å². The van der Waals surface area contributed by atoms with Crippen molar-refractivity contribution in [2.75, 3.05) is 0 Å². The van der Waals surface area contributed by atoms with Crippen molar-refractivity contribution in [2.45, 2.75) is 4.90 Å². The molecule has 2 aromatic rings. The van der Waals surface area contributed by atoms with Crippen LogP contribution in [0.3, 0.4) is 0 Å². The SMILES string of the molecule is Fc1cccc(-c2ccc(S)cc2)c1. The van der Waals surface area contributed by atoms with Crippen molar-refractivity contribution in [2.24, 2.45) is 0 Å². The number of benzene rings is 2. The Morgan fingerprint density at radius 3 is 2.21 bits per heavy atom. The number of rotatable bonds is 1. The lowest BCUT2D eigenvalue weighted by atomic mass is 10.1. The van der Waals surface area contributed by atoms with E-state index in [4.69, 9.17) is 0 Å². The summed E-state index contributed by atoms with van der Waals surface area (Å²) >= 11 is 4.19. The van der Waals surface area contributed by atoms with Gasteiger partial charge in [-0.05, 0) is 35.4 Å². The zero-order valence-electron chi connectivity index (χ0n) is 7.44. The molecule has 0 heterocycles. The molecule has 0 unspecified atom stereocenters. The summed E-state index contributed by atoms with van der Waals surface area (Å²) < 4.78 is 12.9. The van der Waals surface area contributed by atoms with Crippen LogP contribution in [0.1, 0.15) is 0 Å². The fourth-order valence-electron chi connectivity index (χ4n) is 1.32. The second-order valence-electron chi connectivity index (χ2n) is 3.06. The van der Waals surface area contributed by atoms with Crippen molar-refractivity contribution in [1.29, 1.82) is 0 Å². The third kappa shape index (κ3) is 1.96. The molecule has 0 nitrogen and oxygen atoms in total. The van der Waals surface area contributed by atoms with Gasteiger partial charge in [-0.2, -0.15) is 0 Å². The van der Waals surface area contributed by atoms with Gasteiger partial charge in [0, 0.05) is 4.90 Å². The molecular formula is C12H9FS. The molecule has 14 heavy (non-hydrogen) atoms. The summed E-state index contributed by atoms with van der Waals surface area (Å²) in [6.45, 7) is 0. The van der Waals surface area contributed by atoms with Gasteiger partial charge in [-0.15, -0.1) is 12.6 Å². The second-order valence-corrected chi connectivity index (χ2v) is 3.57. The molecule has 0 aliphatic heterocycles. The Morgan fingerprint density at radius 2 is 1.57 bits per heavy atom. The molecule has 2 heteroatoms. The average Bonchev–Trinajstić information content (AvgIpc) is 2.19. The summed E-state index contributed by atoms with van der Waals surface area (Å²) in [7, 11) is 0. The fourth-order valence-corrected chi connectivity index (χ4v) is 1.47. The van der Waals surface area contributed by atoms with Crippen LogP contribution in [0.5, 0.6) is 0 Å². The molecule has 0 aliphatic carbocycles. The standard InChI is InChI=1S/C12H9FS/c13-11-3-1-2-10(8-11)9-4-6-12(14)7-5-9/h1-8,14H. The Labute approximate surface area is 87.8 Å². The van der Waals surface area contributed by atoms with Crippen molar-refractivity contribution in [3.63, 3.8) is 0 Å². The van der Waals surface area contributed by atoms with Crippen LogP contribution >= 0.6 is 12.6 Å². The average molecular weight is 204 g/mol. The summed E-state index contributed by atoms with van der Waals surface area (Å²) in [6.07, 6.45) is 0. The van der Waals surface area contributed by atoms with Gasteiger partial charge in [0.15, 0.2) is 0 Å². The van der Waals surface area contributed by atoms with Gasteiger partial charge in [-0.3, -0.25) is 0 Å². The Bertz CT molecular complexity index is 434.